The topological polar surface area (TPSA) is 48.1 Å². The molecule has 6 heteroatoms. The number of likely N-dealkylation sites (N-methyl/N-ethyl adjacent to an activating group) is 2. The Morgan fingerprint density at radius 1 is 1.31 bits per heavy atom. The van der Waals surface area contributed by atoms with E-state index in [1.54, 1.807) is 4.90 Å². The van der Waals surface area contributed by atoms with Crippen LogP contribution in [-0.4, -0.2) is 87.2 Å². The lowest BCUT2D eigenvalue weighted by Crippen LogP contribution is -2.55. The average molecular weight is 363 g/mol. The van der Waals surface area contributed by atoms with Gasteiger partial charge in [-0.25, -0.2) is 4.79 Å². The first-order valence-electron chi connectivity index (χ1n) is 9.44. The van der Waals surface area contributed by atoms with E-state index in [-0.39, 0.29) is 6.03 Å². The highest BCUT2D eigenvalue weighted by atomic mass is 16.5. The van der Waals surface area contributed by atoms with E-state index in [1.165, 1.54) is 5.56 Å². The van der Waals surface area contributed by atoms with Crippen LogP contribution in [0, 0.1) is 13.8 Å². The summed E-state index contributed by atoms with van der Waals surface area (Å²) in [6.45, 7) is 9.20. The number of hydrogen-bond donors (Lipinski definition) is 1. The van der Waals surface area contributed by atoms with Crippen LogP contribution in [0.15, 0.2) is 18.2 Å². The van der Waals surface area contributed by atoms with E-state index < -0.39 is 0 Å². The number of amides is 2. The van der Waals surface area contributed by atoms with Crippen LogP contribution in [-0.2, 0) is 0 Å². The van der Waals surface area contributed by atoms with Crippen LogP contribution in [0.25, 0.3) is 0 Å². The van der Waals surface area contributed by atoms with E-state index in [0.717, 1.165) is 37.4 Å². The number of benzene rings is 1. The van der Waals surface area contributed by atoms with Gasteiger partial charge in [0.2, 0.25) is 0 Å². The number of carbonyl (C=O) groups excluding carboxylic acids is 1. The Labute approximate surface area is 158 Å². The Morgan fingerprint density at radius 2 is 2.08 bits per heavy atom. The SMILES string of the molecule is Cc1ccc(C)c(OCCCN(C)C(=O)NC[C@H]2CN(C)CCN2C)c1. The van der Waals surface area contributed by atoms with Crippen molar-refractivity contribution in [2.45, 2.75) is 26.3 Å². The fraction of sp³-hybridized carbons (Fsp3) is 0.650. The number of nitrogens with one attached hydrogen (secondary N) is 1. The summed E-state index contributed by atoms with van der Waals surface area (Å²) in [6.07, 6.45) is 0.809. The quantitative estimate of drug-likeness (QED) is 0.754. The predicted octanol–water partition coefficient (Wildman–Crippen LogP) is 1.96. The van der Waals surface area contributed by atoms with E-state index in [0.29, 0.717) is 25.7 Å². The number of aryl methyl sites for hydroxylation is 2. The Kier molecular flexibility index (Phi) is 7.72. The Balaban J connectivity index is 1.66. The number of carbonyl (C=O) groups is 1. The third kappa shape index (κ3) is 6.18. The molecular formula is C20H34N4O2. The van der Waals surface area contributed by atoms with E-state index >= 15 is 0 Å². The molecule has 0 radical (unpaired) electrons. The van der Waals surface area contributed by atoms with Crippen molar-refractivity contribution in [1.82, 2.24) is 20.0 Å². The van der Waals surface area contributed by atoms with Crippen molar-refractivity contribution in [3.8, 4) is 5.75 Å². The minimum atomic E-state index is -0.0154. The summed E-state index contributed by atoms with van der Waals surface area (Å²) in [5.74, 6) is 0.932. The van der Waals surface area contributed by atoms with Gasteiger partial charge in [-0.3, -0.25) is 4.90 Å². The van der Waals surface area contributed by atoms with Gasteiger partial charge in [-0.05, 0) is 51.6 Å². The Bertz CT molecular complexity index is 593. The zero-order valence-corrected chi connectivity index (χ0v) is 16.9. The average Bonchev–Trinajstić information content (AvgIpc) is 2.61. The number of rotatable bonds is 7. The monoisotopic (exact) mass is 362 g/mol. The standard InChI is InChI=1S/C20H34N4O2/c1-16-7-8-17(2)19(13-16)26-12-6-9-24(5)20(25)21-14-18-15-22(3)10-11-23(18)4/h7-8,13,18H,6,9-12,14-15H2,1-5H3,(H,21,25)/t18-/m0/s1. The summed E-state index contributed by atoms with van der Waals surface area (Å²) in [5.41, 5.74) is 2.34. The molecular weight excluding hydrogens is 328 g/mol. The number of urea groups is 1. The second kappa shape index (κ2) is 9.78. The maximum atomic E-state index is 12.3. The van der Waals surface area contributed by atoms with Crippen molar-refractivity contribution in [3.63, 3.8) is 0 Å². The first-order chi connectivity index (χ1) is 12.4. The normalized spacial score (nSPS) is 18.6. The van der Waals surface area contributed by atoms with Gasteiger partial charge in [0.15, 0.2) is 0 Å². The lowest BCUT2D eigenvalue weighted by Gasteiger charge is -2.37. The molecule has 0 saturated carbocycles. The van der Waals surface area contributed by atoms with Crippen LogP contribution in [0.2, 0.25) is 0 Å². The van der Waals surface area contributed by atoms with Gasteiger partial charge in [-0.1, -0.05) is 12.1 Å². The molecule has 6 nitrogen and oxygen atoms in total. The number of hydrogen-bond acceptors (Lipinski definition) is 4. The van der Waals surface area contributed by atoms with Crippen molar-refractivity contribution >= 4 is 6.03 Å². The molecule has 0 aliphatic carbocycles. The maximum absolute atomic E-state index is 12.3. The zero-order chi connectivity index (χ0) is 19.1. The van der Waals surface area contributed by atoms with Gasteiger partial charge < -0.3 is 19.9 Å². The first kappa shape index (κ1) is 20.5. The lowest BCUT2D eigenvalue weighted by atomic mass is 10.1. The molecule has 2 rings (SSSR count). The Hall–Kier alpha value is -1.79. The van der Waals surface area contributed by atoms with Gasteiger partial charge in [0.05, 0.1) is 6.61 Å². The van der Waals surface area contributed by atoms with Crippen molar-refractivity contribution in [2.24, 2.45) is 0 Å². The summed E-state index contributed by atoms with van der Waals surface area (Å²) < 4.78 is 5.86. The molecule has 1 heterocycles. The van der Waals surface area contributed by atoms with Crippen LogP contribution in [0.5, 0.6) is 5.75 Å². The molecule has 1 aromatic rings. The van der Waals surface area contributed by atoms with Crippen LogP contribution >= 0.6 is 0 Å². The van der Waals surface area contributed by atoms with Gasteiger partial charge in [-0.15, -0.1) is 0 Å². The second-order valence-electron chi connectivity index (χ2n) is 7.48. The highest BCUT2D eigenvalue weighted by Gasteiger charge is 2.22. The zero-order valence-electron chi connectivity index (χ0n) is 16.9. The molecule has 1 saturated heterocycles. The summed E-state index contributed by atoms with van der Waals surface area (Å²) in [7, 11) is 6.09. The third-order valence-corrected chi connectivity index (χ3v) is 5.05. The largest absolute Gasteiger partial charge is 0.493 e. The molecule has 0 aromatic heterocycles. The molecule has 1 atom stereocenters. The summed E-state index contributed by atoms with van der Waals surface area (Å²) >= 11 is 0. The molecule has 0 bridgehead atoms. The van der Waals surface area contributed by atoms with E-state index in [4.69, 9.17) is 4.74 Å². The summed E-state index contributed by atoms with van der Waals surface area (Å²) in [6, 6.07) is 6.58. The molecule has 0 spiro atoms. The summed E-state index contributed by atoms with van der Waals surface area (Å²) in [5, 5.41) is 3.06. The summed E-state index contributed by atoms with van der Waals surface area (Å²) in [4.78, 5) is 18.6. The third-order valence-electron chi connectivity index (χ3n) is 5.05. The van der Waals surface area contributed by atoms with Crippen LogP contribution in [0.1, 0.15) is 17.5 Å². The molecule has 1 fully saturated rings. The van der Waals surface area contributed by atoms with E-state index in [1.807, 2.05) is 14.0 Å². The smallest absolute Gasteiger partial charge is 0.317 e. The van der Waals surface area contributed by atoms with Crippen LogP contribution < -0.4 is 10.1 Å². The predicted molar refractivity (Wildman–Crippen MR) is 106 cm³/mol. The molecule has 2 amide bonds. The maximum Gasteiger partial charge on any atom is 0.317 e. The second-order valence-corrected chi connectivity index (χ2v) is 7.48. The van der Waals surface area contributed by atoms with Crippen molar-refractivity contribution < 1.29 is 9.53 Å². The molecule has 146 valence electrons. The van der Waals surface area contributed by atoms with Gasteiger partial charge in [0, 0.05) is 45.8 Å². The fourth-order valence-corrected chi connectivity index (χ4v) is 3.11. The fourth-order valence-electron chi connectivity index (χ4n) is 3.11. The van der Waals surface area contributed by atoms with Gasteiger partial charge in [-0.2, -0.15) is 0 Å². The highest BCUT2D eigenvalue weighted by Crippen LogP contribution is 2.19. The number of nitrogens with zero attached hydrogens (tertiary/aromatic N) is 3. The molecule has 1 aliphatic heterocycles. The van der Waals surface area contributed by atoms with Crippen molar-refractivity contribution in [3.05, 3.63) is 29.3 Å². The van der Waals surface area contributed by atoms with Crippen molar-refractivity contribution in [1.29, 1.82) is 0 Å². The molecule has 26 heavy (non-hydrogen) atoms. The van der Waals surface area contributed by atoms with E-state index in [9.17, 15) is 4.79 Å². The molecule has 1 N–H and O–H groups in total. The van der Waals surface area contributed by atoms with E-state index in [2.05, 4.69) is 54.3 Å². The van der Waals surface area contributed by atoms with Gasteiger partial charge in [0.25, 0.3) is 0 Å². The van der Waals surface area contributed by atoms with Crippen LogP contribution in [0.4, 0.5) is 4.79 Å². The Morgan fingerprint density at radius 3 is 2.85 bits per heavy atom. The minimum Gasteiger partial charge on any atom is -0.493 e. The molecule has 0 unspecified atom stereocenters. The van der Waals surface area contributed by atoms with Crippen LogP contribution in [0.3, 0.4) is 0 Å². The lowest BCUT2D eigenvalue weighted by molar-refractivity contribution is 0.113. The first-order valence-corrected chi connectivity index (χ1v) is 9.44. The van der Waals surface area contributed by atoms with Gasteiger partial charge >= 0.3 is 6.03 Å². The number of piperazine rings is 1. The molecule has 1 aliphatic rings. The molecule has 1 aromatic carbocycles. The van der Waals surface area contributed by atoms with Gasteiger partial charge in [0.1, 0.15) is 5.75 Å². The van der Waals surface area contributed by atoms with Crippen molar-refractivity contribution in [2.75, 3.05) is 60.5 Å². The highest BCUT2D eigenvalue weighted by molar-refractivity contribution is 5.73. The number of ether oxygens (including phenoxy) is 1. The minimum absolute atomic E-state index is 0.0154.